The van der Waals surface area contributed by atoms with Gasteiger partial charge in [-0.1, -0.05) is 12.1 Å². The first-order valence-corrected chi connectivity index (χ1v) is 11.4. The Bertz CT molecular complexity index is 1170. The van der Waals surface area contributed by atoms with Crippen LogP contribution in [0.4, 0.5) is 11.4 Å². The number of thiophene rings is 1. The molecule has 150 valence electrons. The Hall–Kier alpha value is -2.84. The van der Waals surface area contributed by atoms with Crippen molar-refractivity contribution >= 4 is 38.6 Å². The van der Waals surface area contributed by atoms with E-state index in [2.05, 4.69) is 4.72 Å². The molecule has 1 amide bonds. The first-order valence-electron chi connectivity index (χ1n) is 9.05. The quantitative estimate of drug-likeness (QED) is 0.665. The van der Waals surface area contributed by atoms with E-state index in [1.165, 1.54) is 24.5 Å². The van der Waals surface area contributed by atoms with Gasteiger partial charge in [-0.05, 0) is 66.2 Å². The van der Waals surface area contributed by atoms with Crippen molar-refractivity contribution in [1.29, 1.82) is 0 Å². The van der Waals surface area contributed by atoms with Crippen LogP contribution in [-0.2, 0) is 16.4 Å². The number of aryl methyl sites for hydroxylation is 1. The van der Waals surface area contributed by atoms with E-state index in [-0.39, 0.29) is 10.8 Å². The highest BCUT2D eigenvalue weighted by atomic mass is 32.2. The van der Waals surface area contributed by atoms with Crippen molar-refractivity contribution in [2.24, 2.45) is 0 Å². The van der Waals surface area contributed by atoms with Gasteiger partial charge in [-0.25, -0.2) is 8.42 Å². The third-order valence-corrected chi connectivity index (χ3v) is 7.28. The average Bonchev–Trinajstić information content (AvgIpc) is 3.36. The summed E-state index contributed by atoms with van der Waals surface area (Å²) in [6.07, 6.45) is 0.747. The van der Waals surface area contributed by atoms with Crippen molar-refractivity contribution in [3.05, 3.63) is 69.9 Å². The fourth-order valence-electron chi connectivity index (χ4n) is 3.45. The molecule has 0 saturated heterocycles. The Morgan fingerprint density at radius 3 is 2.69 bits per heavy atom. The number of hydrogen-bond donors (Lipinski definition) is 1. The molecule has 0 spiro atoms. The summed E-state index contributed by atoms with van der Waals surface area (Å²) in [5, 5.41) is 1.87. The molecule has 1 aromatic heterocycles. The highest BCUT2D eigenvalue weighted by molar-refractivity contribution is 7.92. The number of carbonyl (C=O) groups is 1. The number of methoxy groups -OCH3 is 1. The third-order valence-electron chi connectivity index (χ3n) is 4.88. The zero-order valence-electron chi connectivity index (χ0n) is 16.0. The summed E-state index contributed by atoms with van der Waals surface area (Å²) < 4.78 is 33.6. The van der Waals surface area contributed by atoms with Crippen LogP contribution in [0.1, 0.15) is 20.8 Å². The number of carbonyl (C=O) groups excluding carboxylic acids is 1. The van der Waals surface area contributed by atoms with Gasteiger partial charge in [0.2, 0.25) is 0 Å². The molecule has 8 heteroatoms. The molecule has 4 rings (SSSR count). The lowest BCUT2D eigenvalue weighted by molar-refractivity contribution is 0.0993. The van der Waals surface area contributed by atoms with E-state index in [0.717, 1.165) is 17.7 Å². The number of sulfonamides is 1. The molecule has 0 fully saturated rings. The Kier molecular flexibility index (Phi) is 5.06. The highest BCUT2D eigenvalue weighted by Gasteiger charge is 2.27. The lowest BCUT2D eigenvalue weighted by atomic mass is 10.1. The Morgan fingerprint density at radius 2 is 2.00 bits per heavy atom. The van der Waals surface area contributed by atoms with Crippen LogP contribution in [0.25, 0.3) is 0 Å². The summed E-state index contributed by atoms with van der Waals surface area (Å²) >= 11 is 1.40. The van der Waals surface area contributed by atoms with Crippen LogP contribution in [0.2, 0.25) is 0 Å². The molecule has 6 nitrogen and oxygen atoms in total. The molecule has 0 saturated carbocycles. The normalized spacial score (nSPS) is 13.2. The minimum Gasteiger partial charge on any atom is -0.497 e. The van der Waals surface area contributed by atoms with E-state index in [1.54, 1.807) is 42.2 Å². The molecule has 1 N–H and O–H groups in total. The summed E-state index contributed by atoms with van der Waals surface area (Å²) in [6, 6.07) is 13.8. The van der Waals surface area contributed by atoms with E-state index in [0.29, 0.717) is 28.4 Å². The molecular weight excluding hydrogens is 408 g/mol. The molecule has 2 heterocycles. The van der Waals surface area contributed by atoms with Crippen LogP contribution in [0.5, 0.6) is 5.75 Å². The van der Waals surface area contributed by atoms with Gasteiger partial charge in [-0.3, -0.25) is 9.52 Å². The molecule has 0 radical (unpaired) electrons. The number of benzene rings is 2. The minimum atomic E-state index is -3.77. The predicted octanol–water partition coefficient (Wildman–Crippen LogP) is 4.07. The topological polar surface area (TPSA) is 75.7 Å². The van der Waals surface area contributed by atoms with Crippen LogP contribution in [0.3, 0.4) is 0 Å². The molecule has 0 atom stereocenters. The van der Waals surface area contributed by atoms with Gasteiger partial charge < -0.3 is 9.64 Å². The van der Waals surface area contributed by atoms with Gasteiger partial charge in [0, 0.05) is 12.2 Å². The van der Waals surface area contributed by atoms with Crippen LogP contribution in [-0.4, -0.2) is 28.0 Å². The lowest BCUT2D eigenvalue weighted by Gasteiger charge is -2.18. The number of anilines is 2. The number of nitrogens with one attached hydrogen (secondary N) is 1. The SMILES string of the molecule is COc1ccc(S(=O)(=O)Nc2ccc3c(c2)N(C(=O)c2cccs2)CC3)c(C)c1. The lowest BCUT2D eigenvalue weighted by Crippen LogP contribution is -2.28. The molecule has 3 aromatic rings. The third kappa shape index (κ3) is 3.73. The van der Waals surface area contributed by atoms with E-state index in [4.69, 9.17) is 4.74 Å². The second kappa shape index (κ2) is 7.53. The van der Waals surface area contributed by atoms with Gasteiger partial charge in [0.05, 0.1) is 22.6 Å². The van der Waals surface area contributed by atoms with Crippen LogP contribution >= 0.6 is 11.3 Å². The standard InChI is InChI=1S/C21H20N2O4S2/c1-14-12-17(27-2)7-8-20(14)29(25,26)22-16-6-5-15-9-10-23(18(15)13-16)21(24)19-4-3-11-28-19/h3-8,11-13,22H,9-10H2,1-2H3. The largest absolute Gasteiger partial charge is 0.497 e. The molecule has 0 bridgehead atoms. The van der Waals surface area contributed by atoms with Crippen molar-refractivity contribution in [2.45, 2.75) is 18.2 Å². The van der Waals surface area contributed by atoms with Crippen LogP contribution in [0, 0.1) is 6.92 Å². The molecule has 2 aromatic carbocycles. The summed E-state index contributed by atoms with van der Waals surface area (Å²) in [5.74, 6) is 0.534. The van der Waals surface area contributed by atoms with E-state index < -0.39 is 10.0 Å². The Morgan fingerprint density at radius 1 is 1.17 bits per heavy atom. The highest BCUT2D eigenvalue weighted by Crippen LogP contribution is 2.33. The number of fused-ring (bicyclic) bond motifs is 1. The maximum Gasteiger partial charge on any atom is 0.268 e. The zero-order chi connectivity index (χ0) is 20.6. The first-order chi connectivity index (χ1) is 13.9. The second-order valence-corrected chi connectivity index (χ2v) is 9.36. The molecule has 1 aliphatic heterocycles. The molecular formula is C21H20N2O4S2. The van der Waals surface area contributed by atoms with Crippen LogP contribution in [0.15, 0.2) is 58.8 Å². The Balaban J connectivity index is 1.63. The van der Waals surface area contributed by atoms with Gasteiger partial charge in [0.25, 0.3) is 15.9 Å². The van der Waals surface area contributed by atoms with Gasteiger partial charge in [0.15, 0.2) is 0 Å². The number of nitrogens with zero attached hydrogens (tertiary/aromatic N) is 1. The van der Waals surface area contributed by atoms with Crippen molar-refractivity contribution in [3.8, 4) is 5.75 Å². The summed E-state index contributed by atoms with van der Waals surface area (Å²) in [6.45, 7) is 2.31. The maximum atomic E-state index is 12.9. The molecule has 29 heavy (non-hydrogen) atoms. The summed E-state index contributed by atoms with van der Waals surface area (Å²) in [7, 11) is -2.24. The van der Waals surface area contributed by atoms with Crippen molar-refractivity contribution in [2.75, 3.05) is 23.3 Å². The zero-order valence-corrected chi connectivity index (χ0v) is 17.6. The first kappa shape index (κ1) is 19.5. The fourth-order valence-corrected chi connectivity index (χ4v) is 5.40. The maximum absolute atomic E-state index is 12.9. The Labute approximate surface area is 173 Å². The van der Waals surface area contributed by atoms with Gasteiger partial charge >= 0.3 is 0 Å². The van der Waals surface area contributed by atoms with Crippen molar-refractivity contribution < 1.29 is 17.9 Å². The number of amides is 1. The average molecular weight is 429 g/mol. The van der Waals surface area contributed by atoms with E-state index in [9.17, 15) is 13.2 Å². The molecule has 0 aliphatic carbocycles. The van der Waals surface area contributed by atoms with E-state index in [1.807, 2.05) is 17.5 Å². The van der Waals surface area contributed by atoms with E-state index >= 15 is 0 Å². The predicted molar refractivity (Wildman–Crippen MR) is 115 cm³/mol. The molecule has 0 unspecified atom stereocenters. The smallest absolute Gasteiger partial charge is 0.268 e. The summed E-state index contributed by atoms with van der Waals surface area (Å²) in [4.78, 5) is 15.3. The number of ether oxygens (including phenoxy) is 1. The van der Waals surface area contributed by atoms with Gasteiger partial charge in [0.1, 0.15) is 5.75 Å². The van der Waals surface area contributed by atoms with Gasteiger partial charge in [-0.15, -0.1) is 11.3 Å². The van der Waals surface area contributed by atoms with Crippen molar-refractivity contribution in [1.82, 2.24) is 0 Å². The second-order valence-electron chi connectivity index (χ2n) is 6.76. The molecule has 1 aliphatic rings. The fraction of sp³-hybridized carbons (Fsp3) is 0.190. The number of hydrogen-bond acceptors (Lipinski definition) is 5. The monoisotopic (exact) mass is 428 g/mol. The minimum absolute atomic E-state index is 0.0650. The van der Waals surface area contributed by atoms with Crippen molar-refractivity contribution in [3.63, 3.8) is 0 Å². The van der Waals surface area contributed by atoms with Gasteiger partial charge in [-0.2, -0.15) is 0 Å². The summed E-state index contributed by atoms with van der Waals surface area (Å²) in [5.41, 5.74) is 2.78. The number of rotatable bonds is 5. The van der Waals surface area contributed by atoms with Crippen LogP contribution < -0.4 is 14.4 Å².